The highest BCUT2D eigenvalue weighted by Crippen LogP contribution is 2.16. The zero-order valence-electron chi connectivity index (χ0n) is 48.1. The molecule has 0 fully saturated rings. The number of esters is 3. The molecule has 0 aromatic rings. The zero-order chi connectivity index (χ0) is 52.9. The molecule has 0 amide bonds. The van der Waals surface area contributed by atoms with Crippen LogP contribution >= 0.6 is 0 Å². The fourth-order valence-corrected chi connectivity index (χ4v) is 8.69. The van der Waals surface area contributed by atoms with Gasteiger partial charge in [0.2, 0.25) is 0 Å². The van der Waals surface area contributed by atoms with Crippen LogP contribution in [0.2, 0.25) is 0 Å². The second-order valence-electron chi connectivity index (χ2n) is 20.6. The topological polar surface area (TPSA) is 78.9 Å². The van der Waals surface area contributed by atoms with Gasteiger partial charge in [-0.2, -0.15) is 0 Å². The van der Waals surface area contributed by atoms with E-state index >= 15 is 0 Å². The maximum Gasteiger partial charge on any atom is 0.306 e. The molecule has 0 rings (SSSR count). The van der Waals surface area contributed by atoms with Gasteiger partial charge in [0.05, 0.1) is 0 Å². The minimum absolute atomic E-state index is 0.0872. The van der Waals surface area contributed by atoms with Gasteiger partial charge in [-0.25, -0.2) is 0 Å². The van der Waals surface area contributed by atoms with E-state index < -0.39 is 6.10 Å². The van der Waals surface area contributed by atoms with Gasteiger partial charge in [0.25, 0.3) is 0 Å². The van der Waals surface area contributed by atoms with Crippen LogP contribution in [-0.2, 0) is 28.6 Å². The first kappa shape index (κ1) is 69.6. The Morgan fingerprint density at radius 2 is 0.534 bits per heavy atom. The van der Waals surface area contributed by atoms with Crippen molar-refractivity contribution in [3.05, 3.63) is 85.1 Å². The standard InChI is InChI=1S/C67H116O6/c1-4-7-10-13-16-19-22-25-27-29-31-33-35-37-39-42-45-48-51-54-57-60-66(69)72-63-64(62-71-65(68)59-56-53-50-47-44-41-24-21-18-15-12-9-6-3)73-67(70)61-58-55-52-49-46-43-40-38-36-34-32-30-28-26-23-20-17-14-11-8-5-2/h7,10,16,19,21,24-25,27,30-33,37,39,64H,4-6,8-9,11-15,17-18,20,22-23,26,28-29,34-36,38,40-63H2,1-3H3/b10-7-,19-16-,24-21-,27-25-,32-30-,33-31-,39-37-. The minimum atomic E-state index is -0.790. The van der Waals surface area contributed by atoms with Crippen LogP contribution in [0.25, 0.3) is 0 Å². The summed E-state index contributed by atoms with van der Waals surface area (Å²) < 4.78 is 16.9. The van der Waals surface area contributed by atoms with E-state index in [1.165, 1.54) is 148 Å². The Labute approximate surface area is 452 Å². The second-order valence-corrected chi connectivity index (χ2v) is 20.6. The lowest BCUT2D eigenvalue weighted by molar-refractivity contribution is -0.167. The summed E-state index contributed by atoms with van der Waals surface area (Å²) in [6.45, 7) is 6.51. The van der Waals surface area contributed by atoms with Crippen LogP contribution in [0.15, 0.2) is 85.1 Å². The van der Waals surface area contributed by atoms with Gasteiger partial charge in [-0.15, -0.1) is 0 Å². The number of unbranched alkanes of at least 4 members (excludes halogenated alkanes) is 31. The monoisotopic (exact) mass is 1020 g/mol. The molecule has 0 bridgehead atoms. The Hall–Kier alpha value is -3.41. The van der Waals surface area contributed by atoms with E-state index in [-0.39, 0.29) is 31.1 Å². The molecule has 0 spiro atoms. The smallest absolute Gasteiger partial charge is 0.306 e. The molecule has 6 heteroatoms. The molecule has 6 nitrogen and oxygen atoms in total. The number of hydrogen-bond acceptors (Lipinski definition) is 6. The van der Waals surface area contributed by atoms with E-state index in [1.807, 2.05) is 0 Å². The van der Waals surface area contributed by atoms with Crippen molar-refractivity contribution in [2.24, 2.45) is 0 Å². The predicted molar refractivity (Wildman–Crippen MR) is 316 cm³/mol. The Morgan fingerprint density at radius 1 is 0.288 bits per heavy atom. The number of ether oxygens (including phenoxy) is 3. The summed E-state index contributed by atoms with van der Waals surface area (Å²) in [5, 5.41) is 0. The van der Waals surface area contributed by atoms with Crippen LogP contribution in [0, 0.1) is 0 Å². The molecular formula is C67H116O6. The third-order valence-corrected chi connectivity index (χ3v) is 13.4. The molecule has 0 aromatic carbocycles. The van der Waals surface area contributed by atoms with E-state index in [0.29, 0.717) is 19.3 Å². The SMILES string of the molecule is CC/C=C\C/C=C\C/C=C\C/C=C\C/C=C\CCCCCCCC(=O)OCC(COC(=O)CCCCCCC/C=C\CCCCCC)OC(=O)CCCCCCCCCCC/C=C\CCCCCCCCCC. The van der Waals surface area contributed by atoms with Gasteiger partial charge in [-0.3, -0.25) is 14.4 Å². The van der Waals surface area contributed by atoms with Crippen molar-refractivity contribution >= 4 is 17.9 Å². The molecule has 0 aliphatic heterocycles. The predicted octanol–water partition coefficient (Wildman–Crippen LogP) is 21.1. The molecule has 1 unspecified atom stereocenters. The summed E-state index contributed by atoms with van der Waals surface area (Å²) in [6.07, 6.45) is 80.1. The number of allylic oxidation sites excluding steroid dienone is 14. The molecule has 0 aliphatic carbocycles. The fraction of sp³-hybridized carbons (Fsp3) is 0.746. The summed E-state index contributed by atoms with van der Waals surface area (Å²) in [6, 6.07) is 0. The summed E-state index contributed by atoms with van der Waals surface area (Å²) in [7, 11) is 0. The molecular weight excluding hydrogens is 901 g/mol. The lowest BCUT2D eigenvalue weighted by atomic mass is 10.1. The van der Waals surface area contributed by atoms with Crippen LogP contribution in [-0.4, -0.2) is 37.2 Å². The van der Waals surface area contributed by atoms with Crippen molar-refractivity contribution in [2.45, 2.75) is 309 Å². The molecule has 0 N–H and O–H groups in total. The summed E-state index contributed by atoms with van der Waals surface area (Å²) in [5.74, 6) is -0.907. The Bertz CT molecular complexity index is 1400. The molecule has 73 heavy (non-hydrogen) atoms. The Kier molecular flexibility index (Phi) is 58.3. The number of rotatable bonds is 56. The maximum atomic E-state index is 12.9. The van der Waals surface area contributed by atoms with Crippen molar-refractivity contribution < 1.29 is 28.6 Å². The van der Waals surface area contributed by atoms with Crippen molar-refractivity contribution in [1.29, 1.82) is 0 Å². The molecule has 0 heterocycles. The highest BCUT2D eigenvalue weighted by molar-refractivity contribution is 5.71. The summed E-state index contributed by atoms with van der Waals surface area (Å²) in [4.78, 5) is 38.3. The molecule has 0 aromatic heterocycles. The minimum Gasteiger partial charge on any atom is -0.462 e. The maximum absolute atomic E-state index is 12.9. The molecule has 0 aliphatic rings. The Balaban J connectivity index is 4.39. The van der Waals surface area contributed by atoms with Gasteiger partial charge < -0.3 is 14.2 Å². The van der Waals surface area contributed by atoms with Crippen molar-refractivity contribution in [2.75, 3.05) is 13.2 Å². The summed E-state index contributed by atoms with van der Waals surface area (Å²) >= 11 is 0. The zero-order valence-corrected chi connectivity index (χ0v) is 48.1. The van der Waals surface area contributed by atoms with Crippen LogP contribution in [0.1, 0.15) is 303 Å². The van der Waals surface area contributed by atoms with E-state index in [2.05, 4.69) is 106 Å². The molecule has 1 atom stereocenters. The molecule has 0 radical (unpaired) electrons. The van der Waals surface area contributed by atoms with Crippen molar-refractivity contribution in [3.63, 3.8) is 0 Å². The van der Waals surface area contributed by atoms with E-state index in [1.54, 1.807) is 0 Å². The fourth-order valence-electron chi connectivity index (χ4n) is 8.69. The van der Waals surface area contributed by atoms with Crippen LogP contribution in [0.5, 0.6) is 0 Å². The average molecular weight is 1020 g/mol. The highest BCUT2D eigenvalue weighted by atomic mass is 16.6. The quantitative estimate of drug-likeness (QED) is 0.0261. The van der Waals surface area contributed by atoms with Crippen molar-refractivity contribution in [3.8, 4) is 0 Å². The third kappa shape index (κ3) is 59.3. The Morgan fingerprint density at radius 3 is 0.863 bits per heavy atom. The molecule has 0 saturated heterocycles. The summed E-state index contributed by atoms with van der Waals surface area (Å²) in [5.41, 5.74) is 0. The highest BCUT2D eigenvalue weighted by Gasteiger charge is 2.19. The van der Waals surface area contributed by atoms with E-state index in [4.69, 9.17) is 14.2 Å². The number of carbonyl (C=O) groups excluding carboxylic acids is 3. The van der Waals surface area contributed by atoms with Crippen molar-refractivity contribution in [1.82, 2.24) is 0 Å². The van der Waals surface area contributed by atoms with Gasteiger partial charge in [-0.05, 0) is 116 Å². The lowest BCUT2D eigenvalue weighted by Gasteiger charge is -2.18. The first-order chi connectivity index (χ1) is 36.0. The second kappa shape index (κ2) is 61.1. The first-order valence-corrected chi connectivity index (χ1v) is 31.1. The number of carbonyl (C=O) groups is 3. The van der Waals surface area contributed by atoms with Crippen LogP contribution in [0.4, 0.5) is 0 Å². The third-order valence-electron chi connectivity index (χ3n) is 13.4. The first-order valence-electron chi connectivity index (χ1n) is 31.1. The van der Waals surface area contributed by atoms with E-state index in [0.717, 1.165) is 116 Å². The van der Waals surface area contributed by atoms with Gasteiger partial charge in [0.15, 0.2) is 6.10 Å². The molecule has 0 saturated carbocycles. The van der Waals surface area contributed by atoms with Gasteiger partial charge in [0.1, 0.15) is 13.2 Å². The van der Waals surface area contributed by atoms with Crippen LogP contribution < -0.4 is 0 Å². The van der Waals surface area contributed by atoms with Gasteiger partial charge in [-0.1, -0.05) is 254 Å². The lowest BCUT2D eigenvalue weighted by Crippen LogP contribution is -2.30. The van der Waals surface area contributed by atoms with Crippen LogP contribution in [0.3, 0.4) is 0 Å². The van der Waals surface area contributed by atoms with Gasteiger partial charge >= 0.3 is 17.9 Å². The van der Waals surface area contributed by atoms with Gasteiger partial charge in [0, 0.05) is 19.3 Å². The normalized spacial score (nSPS) is 12.6. The average Bonchev–Trinajstić information content (AvgIpc) is 3.39. The van der Waals surface area contributed by atoms with E-state index in [9.17, 15) is 14.4 Å². The molecule has 420 valence electrons. The number of hydrogen-bond donors (Lipinski definition) is 0. The largest absolute Gasteiger partial charge is 0.462 e.